The van der Waals surface area contributed by atoms with Crippen molar-refractivity contribution in [2.75, 3.05) is 0 Å². The van der Waals surface area contributed by atoms with Gasteiger partial charge >= 0.3 is 0 Å². The van der Waals surface area contributed by atoms with Crippen LogP contribution in [0.5, 0.6) is 0 Å². The summed E-state index contributed by atoms with van der Waals surface area (Å²) in [6.45, 7) is 0. The van der Waals surface area contributed by atoms with E-state index in [1.54, 1.807) is 24.5 Å². The van der Waals surface area contributed by atoms with E-state index in [1.165, 1.54) is 6.07 Å². The van der Waals surface area contributed by atoms with Gasteiger partial charge in [-0.15, -0.1) is 0 Å². The number of carbonyl (C=O) groups is 1. The number of nitriles is 1. The van der Waals surface area contributed by atoms with Crippen LogP contribution in [-0.4, -0.2) is 15.8 Å². The molecular formula is C18H12ClN3O3. The number of fused-ring (bicyclic) bond motifs is 1. The molecule has 1 fully saturated rings. The van der Waals surface area contributed by atoms with Crippen LogP contribution in [0.25, 0.3) is 10.9 Å². The molecule has 0 aliphatic heterocycles. The van der Waals surface area contributed by atoms with E-state index in [0.29, 0.717) is 22.3 Å². The fraction of sp³-hybridized carbons (Fsp3) is 0.222. The molecule has 1 aromatic carbocycles. The molecular weight excluding hydrogens is 342 g/mol. The first kappa shape index (κ1) is 15.6. The summed E-state index contributed by atoms with van der Waals surface area (Å²) < 4.78 is 5.32. The van der Waals surface area contributed by atoms with E-state index in [4.69, 9.17) is 16.0 Å². The summed E-state index contributed by atoms with van der Waals surface area (Å²) in [7, 11) is 0. The standard InChI is InChI=1S/C18H12ClN3O3/c19-9-3-4-10-14(6-9)21-17(22-18(10)24)13(8-20)16(23)12-7-11(12)15-2-1-5-25-15/h1-6,11-13H,7H2,(H,21,22,24)/t11-,12-,13-/m1/s1. The van der Waals surface area contributed by atoms with Crippen LogP contribution in [0.2, 0.25) is 5.02 Å². The fourth-order valence-corrected chi connectivity index (χ4v) is 3.23. The number of hydrogen-bond donors (Lipinski definition) is 1. The summed E-state index contributed by atoms with van der Waals surface area (Å²) in [6.07, 6.45) is 2.19. The Kier molecular flexibility index (Phi) is 3.66. The molecule has 2 aromatic heterocycles. The first-order valence-corrected chi connectivity index (χ1v) is 8.12. The molecule has 0 saturated heterocycles. The minimum Gasteiger partial charge on any atom is -0.469 e. The van der Waals surface area contributed by atoms with Crippen molar-refractivity contribution in [1.29, 1.82) is 5.26 Å². The summed E-state index contributed by atoms with van der Waals surface area (Å²) in [5, 5.41) is 10.3. The van der Waals surface area contributed by atoms with Gasteiger partial charge in [0.2, 0.25) is 0 Å². The molecule has 2 heterocycles. The minimum atomic E-state index is -1.12. The Hall–Kier alpha value is -2.91. The average molecular weight is 354 g/mol. The molecule has 124 valence electrons. The molecule has 25 heavy (non-hydrogen) atoms. The number of aromatic amines is 1. The zero-order chi connectivity index (χ0) is 17.6. The van der Waals surface area contributed by atoms with Gasteiger partial charge in [0.1, 0.15) is 11.6 Å². The lowest BCUT2D eigenvalue weighted by atomic mass is 9.99. The second-order valence-electron chi connectivity index (χ2n) is 6.04. The maximum Gasteiger partial charge on any atom is 0.258 e. The summed E-state index contributed by atoms with van der Waals surface area (Å²) in [5.41, 5.74) is -0.0409. The van der Waals surface area contributed by atoms with Crippen molar-refractivity contribution in [2.45, 2.75) is 18.3 Å². The molecule has 1 saturated carbocycles. The monoisotopic (exact) mass is 353 g/mol. The molecule has 4 rings (SSSR count). The van der Waals surface area contributed by atoms with Crippen LogP contribution >= 0.6 is 11.6 Å². The highest BCUT2D eigenvalue weighted by molar-refractivity contribution is 6.31. The molecule has 0 amide bonds. The second-order valence-corrected chi connectivity index (χ2v) is 6.48. The largest absolute Gasteiger partial charge is 0.469 e. The Balaban J connectivity index is 1.68. The number of Topliss-reactive ketones (excluding diaryl/α,β-unsaturated/α-hetero) is 1. The lowest BCUT2D eigenvalue weighted by Gasteiger charge is -2.08. The van der Waals surface area contributed by atoms with Crippen molar-refractivity contribution in [3.8, 4) is 6.07 Å². The molecule has 0 spiro atoms. The van der Waals surface area contributed by atoms with Gasteiger partial charge in [-0.2, -0.15) is 5.26 Å². The molecule has 3 atom stereocenters. The topological polar surface area (TPSA) is 99.8 Å². The number of hydrogen-bond acceptors (Lipinski definition) is 5. The van der Waals surface area contributed by atoms with Gasteiger partial charge in [0.15, 0.2) is 11.7 Å². The van der Waals surface area contributed by atoms with Crippen molar-refractivity contribution in [3.05, 3.63) is 63.6 Å². The van der Waals surface area contributed by atoms with Gasteiger partial charge in [-0.25, -0.2) is 4.98 Å². The highest BCUT2D eigenvalue weighted by atomic mass is 35.5. The normalized spacial score (nSPS) is 20.2. The summed E-state index contributed by atoms with van der Waals surface area (Å²) in [5.74, 6) is -0.898. The van der Waals surface area contributed by atoms with Gasteiger partial charge < -0.3 is 9.40 Å². The van der Waals surface area contributed by atoms with E-state index in [0.717, 1.165) is 5.76 Å². The molecule has 3 aromatic rings. The van der Waals surface area contributed by atoms with Crippen molar-refractivity contribution < 1.29 is 9.21 Å². The third-order valence-corrected chi connectivity index (χ3v) is 4.67. The van der Waals surface area contributed by atoms with E-state index in [1.807, 2.05) is 12.1 Å². The predicted molar refractivity (Wildman–Crippen MR) is 90.3 cm³/mol. The highest BCUT2D eigenvalue weighted by Crippen LogP contribution is 2.50. The highest BCUT2D eigenvalue weighted by Gasteiger charge is 2.48. The third-order valence-electron chi connectivity index (χ3n) is 4.44. The number of carbonyl (C=O) groups excluding carboxylic acids is 1. The minimum absolute atomic E-state index is 0.0139. The number of furan rings is 1. The average Bonchev–Trinajstić information content (AvgIpc) is 3.20. The van der Waals surface area contributed by atoms with Crippen LogP contribution in [0.1, 0.15) is 29.8 Å². The van der Waals surface area contributed by atoms with Crippen LogP contribution in [0.4, 0.5) is 0 Å². The number of nitrogens with zero attached hydrogens (tertiary/aromatic N) is 2. The summed E-state index contributed by atoms with van der Waals surface area (Å²) >= 11 is 5.94. The van der Waals surface area contributed by atoms with E-state index < -0.39 is 11.5 Å². The number of rotatable bonds is 4. The van der Waals surface area contributed by atoms with Crippen molar-refractivity contribution in [3.63, 3.8) is 0 Å². The van der Waals surface area contributed by atoms with Crippen LogP contribution in [-0.2, 0) is 4.79 Å². The smallest absolute Gasteiger partial charge is 0.258 e. The van der Waals surface area contributed by atoms with Gasteiger partial charge in [-0.1, -0.05) is 11.6 Å². The zero-order valence-electron chi connectivity index (χ0n) is 12.9. The number of benzene rings is 1. The number of halogens is 1. The fourth-order valence-electron chi connectivity index (χ4n) is 3.07. The second kappa shape index (κ2) is 5.87. The molecule has 1 aliphatic rings. The van der Waals surface area contributed by atoms with Gasteiger partial charge in [0.05, 0.1) is 23.2 Å². The number of nitrogens with one attached hydrogen (secondary N) is 1. The Labute approximate surface area is 147 Å². The first-order chi connectivity index (χ1) is 12.1. The van der Waals surface area contributed by atoms with Crippen LogP contribution in [0, 0.1) is 17.2 Å². The molecule has 0 bridgehead atoms. The Morgan fingerprint density at radius 2 is 2.28 bits per heavy atom. The lowest BCUT2D eigenvalue weighted by Crippen LogP contribution is -2.21. The molecule has 0 radical (unpaired) electrons. The molecule has 1 N–H and O–H groups in total. The van der Waals surface area contributed by atoms with Crippen LogP contribution < -0.4 is 5.56 Å². The Morgan fingerprint density at radius 1 is 1.44 bits per heavy atom. The van der Waals surface area contributed by atoms with Crippen molar-refractivity contribution in [1.82, 2.24) is 9.97 Å². The maximum absolute atomic E-state index is 12.7. The lowest BCUT2D eigenvalue weighted by molar-refractivity contribution is -0.120. The molecule has 0 unspecified atom stereocenters. The SMILES string of the molecule is N#C[C@H](C(=O)[C@@H]1C[C@H]1c1ccco1)c1nc2cc(Cl)ccc2c(=O)[nH]1. The van der Waals surface area contributed by atoms with Crippen LogP contribution in [0.3, 0.4) is 0 Å². The molecule has 7 heteroatoms. The van der Waals surface area contributed by atoms with E-state index in [2.05, 4.69) is 9.97 Å². The van der Waals surface area contributed by atoms with Gasteiger partial charge in [0, 0.05) is 16.9 Å². The number of ketones is 1. The third kappa shape index (κ3) is 2.73. The van der Waals surface area contributed by atoms with Gasteiger partial charge in [-0.05, 0) is 36.8 Å². The summed E-state index contributed by atoms with van der Waals surface area (Å²) in [6, 6.07) is 10.2. The first-order valence-electron chi connectivity index (χ1n) is 7.74. The number of aromatic nitrogens is 2. The summed E-state index contributed by atoms with van der Waals surface area (Å²) in [4.78, 5) is 31.8. The van der Waals surface area contributed by atoms with Gasteiger partial charge in [0.25, 0.3) is 5.56 Å². The maximum atomic E-state index is 12.7. The predicted octanol–water partition coefficient (Wildman–Crippen LogP) is 3.15. The van der Waals surface area contributed by atoms with E-state index >= 15 is 0 Å². The zero-order valence-corrected chi connectivity index (χ0v) is 13.7. The van der Waals surface area contributed by atoms with E-state index in [9.17, 15) is 14.9 Å². The van der Waals surface area contributed by atoms with Crippen molar-refractivity contribution >= 4 is 28.3 Å². The van der Waals surface area contributed by atoms with Gasteiger partial charge in [-0.3, -0.25) is 9.59 Å². The van der Waals surface area contributed by atoms with Crippen LogP contribution in [0.15, 0.2) is 45.8 Å². The number of H-pyrrole nitrogens is 1. The van der Waals surface area contributed by atoms with Crippen molar-refractivity contribution in [2.24, 2.45) is 5.92 Å². The molecule has 1 aliphatic carbocycles. The quantitative estimate of drug-likeness (QED) is 0.776. The van der Waals surface area contributed by atoms with E-state index in [-0.39, 0.29) is 23.4 Å². The molecule has 6 nitrogen and oxygen atoms in total. The Bertz CT molecular complexity index is 1070. The Morgan fingerprint density at radius 3 is 3.00 bits per heavy atom.